The Balaban J connectivity index is 1.78. The maximum absolute atomic E-state index is 12.7. The van der Waals surface area contributed by atoms with E-state index in [2.05, 4.69) is 5.32 Å². The molecule has 2 aromatic rings. The minimum absolute atomic E-state index is 0.0895. The molecule has 0 saturated carbocycles. The van der Waals surface area contributed by atoms with Crippen LogP contribution >= 0.6 is 0 Å². The van der Waals surface area contributed by atoms with Gasteiger partial charge in [0.05, 0.1) is 13.2 Å². The number of carbonyl (C=O) groups is 3. The number of esters is 1. The van der Waals surface area contributed by atoms with E-state index in [-0.39, 0.29) is 30.1 Å². The van der Waals surface area contributed by atoms with Gasteiger partial charge in [-0.25, -0.2) is 0 Å². The summed E-state index contributed by atoms with van der Waals surface area (Å²) in [5.41, 5.74) is 2.05. The normalized spacial score (nSPS) is 11.3. The lowest BCUT2D eigenvalue weighted by Crippen LogP contribution is -2.39. The Morgan fingerprint density at radius 3 is 2.32 bits per heavy atom. The molecule has 0 saturated heterocycles. The molecule has 1 amide bonds. The Morgan fingerprint density at radius 1 is 1.00 bits per heavy atom. The first-order valence-electron chi connectivity index (χ1n) is 11.8. The predicted octanol–water partition coefficient (Wildman–Crippen LogP) is 5.44. The van der Waals surface area contributed by atoms with Crippen LogP contribution in [-0.4, -0.2) is 30.8 Å². The summed E-state index contributed by atoms with van der Waals surface area (Å²) in [6, 6.07) is 12.5. The van der Waals surface area contributed by atoms with Gasteiger partial charge in [-0.3, -0.25) is 14.4 Å². The third kappa shape index (κ3) is 8.65. The van der Waals surface area contributed by atoms with Crippen LogP contribution in [0.3, 0.4) is 0 Å². The van der Waals surface area contributed by atoms with Crippen molar-refractivity contribution in [3.8, 4) is 11.5 Å². The van der Waals surface area contributed by atoms with Crippen LogP contribution in [0.25, 0.3) is 0 Å². The molecule has 0 heterocycles. The molecule has 6 heteroatoms. The molecule has 0 atom stereocenters. The summed E-state index contributed by atoms with van der Waals surface area (Å²) in [6.07, 6.45) is 1.69. The zero-order valence-corrected chi connectivity index (χ0v) is 21.2. The quantitative estimate of drug-likeness (QED) is 0.195. The molecule has 0 bridgehead atoms. The summed E-state index contributed by atoms with van der Waals surface area (Å²) in [6.45, 7) is 12.1. The molecule has 0 aliphatic carbocycles. The third-order valence-corrected chi connectivity index (χ3v) is 5.55. The van der Waals surface area contributed by atoms with Gasteiger partial charge in [-0.2, -0.15) is 0 Å². The zero-order valence-electron chi connectivity index (χ0n) is 21.2. The van der Waals surface area contributed by atoms with E-state index in [0.717, 1.165) is 23.3 Å². The van der Waals surface area contributed by atoms with E-state index in [0.29, 0.717) is 30.8 Å². The number of rotatable bonds is 12. The van der Waals surface area contributed by atoms with Gasteiger partial charge < -0.3 is 14.8 Å². The van der Waals surface area contributed by atoms with E-state index in [1.807, 2.05) is 59.7 Å². The largest absolute Gasteiger partial charge is 0.493 e. The summed E-state index contributed by atoms with van der Waals surface area (Å²) >= 11 is 0. The highest BCUT2D eigenvalue weighted by atomic mass is 16.5. The van der Waals surface area contributed by atoms with Gasteiger partial charge in [-0.1, -0.05) is 39.8 Å². The molecule has 0 aromatic heterocycles. The number of ketones is 1. The lowest BCUT2D eigenvalue weighted by atomic mass is 9.87. The fourth-order valence-corrected chi connectivity index (χ4v) is 3.39. The van der Waals surface area contributed by atoms with E-state index in [9.17, 15) is 14.4 Å². The van der Waals surface area contributed by atoms with Crippen molar-refractivity contribution >= 4 is 17.7 Å². The molecule has 0 spiro atoms. The number of aryl methyl sites for hydroxylation is 2. The number of carbonyl (C=O) groups excluding carboxylic acids is 3. The first-order chi connectivity index (χ1) is 16.0. The molecule has 0 radical (unpaired) electrons. The summed E-state index contributed by atoms with van der Waals surface area (Å²) < 4.78 is 11.1. The van der Waals surface area contributed by atoms with Crippen LogP contribution in [0.1, 0.15) is 68.4 Å². The summed E-state index contributed by atoms with van der Waals surface area (Å²) in [5, 5.41) is 2.75. The van der Waals surface area contributed by atoms with Crippen LogP contribution in [0, 0.1) is 25.2 Å². The molecule has 0 fully saturated rings. The van der Waals surface area contributed by atoms with Crippen molar-refractivity contribution in [2.75, 3.05) is 13.2 Å². The average molecular weight is 468 g/mol. The first kappa shape index (κ1) is 27.1. The van der Waals surface area contributed by atoms with Crippen molar-refractivity contribution in [3.05, 3.63) is 59.2 Å². The SMILES string of the molecule is Cc1ccc(C)c(OCCCC(C)(C)C(=O)NCC(=O)c2ccc(OC(=O)CC(C)C)cc2)c1. The van der Waals surface area contributed by atoms with Gasteiger partial charge in [0.1, 0.15) is 11.5 Å². The maximum atomic E-state index is 12.7. The Morgan fingerprint density at radius 2 is 1.68 bits per heavy atom. The van der Waals surface area contributed by atoms with Crippen molar-refractivity contribution in [1.29, 1.82) is 0 Å². The zero-order chi connectivity index (χ0) is 25.3. The van der Waals surface area contributed by atoms with Crippen LogP contribution < -0.4 is 14.8 Å². The fraction of sp³-hybridized carbons (Fsp3) is 0.464. The number of benzene rings is 2. The molecule has 2 rings (SSSR count). The van der Waals surface area contributed by atoms with E-state index >= 15 is 0 Å². The van der Waals surface area contributed by atoms with Crippen molar-refractivity contribution in [3.63, 3.8) is 0 Å². The Hall–Kier alpha value is -3.15. The Labute approximate surface area is 203 Å². The van der Waals surface area contributed by atoms with E-state index in [1.165, 1.54) is 0 Å². The molecule has 0 aliphatic heterocycles. The first-order valence-corrected chi connectivity index (χ1v) is 11.8. The van der Waals surface area contributed by atoms with Gasteiger partial charge in [-0.05, 0) is 74.1 Å². The molecule has 0 aliphatic rings. The number of nitrogens with one attached hydrogen (secondary N) is 1. The minimum Gasteiger partial charge on any atom is -0.493 e. The lowest BCUT2D eigenvalue weighted by Gasteiger charge is -2.23. The topological polar surface area (TPSA) is 81.7 Å². The minimum atomic E-state index is -0.625. The number of hydrogen-bond donors (Lipinski definition) is 1. The number of ether oxygens (including phenoxy) is 2. The van der Waals surface area contributed by atoms with Crippen LogP contribution in [0.4, 0.5) is 0 Å². The van der Waals surface area contributed by atoms with E-state index in [1.54, 1.807) is 24.3 Å². The highest BCUT2D eigenvalue weighted by Gasteiger charge is 2.27. The molecular formula is C28H37NO5. The second-order valence-corrected chi connectivity index (χ2v) is 9.81. The molecule has 6 nitrogen and oxygen atoms in total. The fourth-order valence-electron chi connectivity index (χ4n) is 3.39. The molecule has 0 unspecified atom stereocenters. The van der Waals surface area contributed by atoms with Crippen LogP contribution in [0.2, 0.25) is 0 Å². The summed E-state index contributed by atoms with van der Waals surface area (Å²) in [4.78, 5) is 36.9. The van der Waals surface area contributed by atoms with Gasteiger partial charge in [0.25, 0.3) is 0 Å². The predicted molar refractivity (Wildman–Crippen MR) is 133 cm³/mol. The molecule has 1 N–H and O–H groups in total. The van der Waals surface area contributed by atoms with E-state index < -0.39 is 5.41 Å². The molecular weight excluding hydrogens is 430 g/mol. The van der Waals surface area contributed by atoms with E-state index in [4.69, 9.17) is 9.47 Å². The van der Waals surface area contributed by atoms with Crippen molar-refractivity contribution < 1.29 is 23.9 Å². The number of Topliss-reactive ketones (excluding diaryl/α,β-unsaturated/α-hetero) is 1. The van der Waals surface area contributed by atoms with Gasteiger partial charge in [-0.15, -0.1) is 0 Å². The van der Waals surface area contributed by atoms with Gasteiger partial charge in [0, 0.05) is 17.4 Å². The van der Waals surface area contributed by atoms with Crippen molar-refractivity contribution in [2.45, 2.75) is 60.8 Å². The summed E-state index contributed by atoms with van der Waals surface area (Å²) in [7, 11) is 0. The standard InChI is InChI=1S/C28H37NO5/c1-19(2)16-26(31)34-23-12-10-22(11-13-23)24(30)18-29-27(32)28(5,6)14-7-15-33-25-17-20(3)8-9-21(25)4/h8-13,17,19H,7,14-16,18H2,1-6H3,(H,29,32). The van der Waals surface area contributed by atoms with Gasteiger partial charge in [0.15, 0.2) is 5.78 Å². The number of hydrogen-bond acceptors (Lipinski definition) is 5. The lowest BCUT2D eigenvalue weighted by molar-refractivity contribution is -0.135. The smallest absolute Gasteiger partial charge is 0.311 e. The highest BCUT2D eigenvalue weighted by molar-refractivity contribution is 5.99. The molecule has 34 heavy (non-hydrogen) atoms. The van der Waals surface area contributed by atoms with Crippen LogP contribution in [-0.2, 0) is 9.59 Å². The van der Waals surface area contributed by atoms with Gasteiger partial charge >= 0.3 is 5.97 Å². The maximum Gasteiger partial charge on any atom is 0.311 e. The van der Waals surface area contributed by atoms with Crippen molar-refractivity contribution in [1.82, 2.24) is 5.32 Å². The second-order valence-electron chi connectivity index (χ2n) is 9.81. The molecule has 2 aromatic carbocycles. The Bertz CT molecular complexity index is 992. The van der Waals surface area contributed by atoms with Gasteiger partial charge in [0.2, 0.25) is 5.91 Å². The monoisotopic (exact) mass is 467 g/mol. The number of amides is 1. The third-order valence-electron chi connectivity index (χ3n) is 5.55. The second kappa shape index (κ2) is 12.4. The molecule has 184 valence electrons. The van der Waals surface area contributed by atoms with Crippen LogP contribution in [0.5, 0.6) is 11.5 Å². The Kier molecular flexibility index (Phi) is 9.84. The highest BCUT2D eigenvalue weighted by Crippen LogP contribution is 2.24. The summed E-state index contributed by atoms with van der Waals surface area (Å²) in [5.74, 6) is 0.798. The van der Waals surface area contributed by atoms with Crippen LogP contribution in [0.15, 0.2) is 42.5 Å². The van der Waals surface area contributed by atoms with Crippen molar-refractivity contribution in [2.24, 2.45) is 11.3 Å². The average Bonchev–Trinajstić information content (AvgIpc) is 2.76.